The third kappa shape index (κ3) is 3.99. The molecule has 1 aromatic carbocycles. The van der Waals surface area contributed by atoms with Crippen LogP contribution in [0.2, 0.25) is 5.02 Å². The number of carbonyl (C=O) groups excluding carboxylic acids is 1. The largest absolute Gasteiger partial charge is 0.324 e. The van der Waals surface area contributed by atoms with Crippen molar-refractivity contribution >= 4 is 33.0 Å². The number of hydrogen-bond donors (Lipinski definition) is 2. The number of carbonyl (C=O) groups is 1. The lowest BCUT2D eigenvalue weighted by Crippen LogP contribution is -2.25. The van der Waals surface area contributed by atoms with Gasteiger partial charge in [0.2, 0.25) is 5.91 Å². The Morgan fingerprint density at radius 3 is 2.59 bits per heavy atom. The van der Waals surface area contributed by atoms with Crippen molar-refractivity contribution in [1.29, 1.82) is 0 Å². The van der Waals surface area contributed by atoms with Crippen molar-refractivity contribution in [3.05, 3.63) is 23.2 Å². The van der Waals surface area contributed by atoms with Crippen LogP contribution in [0.3, 0.4) is 0 Å². The third-order valence-electron chi connectivity index (χ3n) is 1.98. The Bertz CT molecular complexity index is 528. The van der Waals surface area contributed by atoms with Gasteiger partial charge in [0, 0.05) is 6.26 Å². The summed E-state index contributed by atoms with van der Waals surface area (Å²) in [5.74, 6) is -0.292. The van der Waals surface area contributed by atoms with Gasteiger partial charge in [-0.2, -0.15) is 0 Å². The van der Waals surface area contributed by atoms with Gasteiger partial charge in [0.1, 0.15) is 0 Å². The molecule has 17 heavy (non-hydrogen) atoms. The number of sulfone groups is 1. The highest BCUT2D eigenvalue weighted by Crippen LogP contribution is 2.25. The summed E-state index contributed by atoms with van der Waals surface area (Å²) in [5.41, 5.74) is 0.287. The molecule has 0 saturated heterocycles. The Kier molecular flexibility index (Phi) is 4.50. The first-order chi connectivity index (χ1) is 7.84. The van der Waals surface area contributed by atoms with E-state index in [0.29, 0.717) is 5.02 Å². The van der Waals surface area contributed by atoms with Crippen LogP contribution < -0.4 is 10.6 Å². The summed E-state index contributed by atoms with van der Waals surface area (Å²) in [6, 6.07) is 4.17. The van der Waals surface area contributed by atoms with Crippen LogP contribution >= 0.6 is 11.6 Å². The van der Waals surface area contributed by atoms with Crippen LogP contribution in [0.1, 0.15) is 0 Å². The van der Waals surface area contributed by atoms with Crippen LogP contribution in [0.25, 0.3) is 0 Å². The van der Waals surface area contributed by atoms with E-state index in [2.05, 4.69) is 10.6 Å². The zero-order valence-electron chi connectivity index (χ0n) is 9.45. The SMILES string of the molecule is CNCC(=O)Nc1cc(S(C)(=O)=O)ccc1Cl. The van der Waals surface area contributed by atoms with Crippen molar-refractivity contribution in [1.82, 2.24) is 5.32 Å². The number of rotatable bonds is 4. The molecule has 7 heteroatoms. The van der Waals surface area contributed by atoms with E-state index in [0.717, 1.165) is 6.26 Å². The second kappa shape index (κ2) is 5.48. The molecule has 0 aliphatic rings. The minimum atomic E-state index is -3.32. The smallest absolute Gasteiger partial charge is 0.238 e. The lowest BCUT2D eigenvalue weighted by molar-refractivity contribution is -0.115. The number of likely N-dealkylation sites (N-methyl/N-ethyl adjacent to an activating group) is 1. The molecule has 0 aromatic heterocycles. The van der Waals surface area contributed by atoms with Gasteiger partial charge in [0.05, 0.1) is 22.2 Å². The van der Waals surface area contributed by atoms with Crippen LogP contribution in [0.15, 0.2) is 23.1 Å². The molecule has 0 bridgehead atoms. The van der Waals surface area contributed by atoms with Crippen molar-refractivity contribution in [3.8, 4) is 0 Å². The van der Waals surface area contributed by atoms with E-state index in [9.17, 15) is 13.2 Å². The Balaban J connectivity index is 3.03. The molecule has 0 heterocycles. The van der Waals surface area contributed by atoms with Gasteiger partial charge in [-0.1, -0.05) is 11.6 Å². The molecule has 0 unspecified atom stereocenters. The number of benzene rings is 1. The van der Waals surface area contributed by atoms with E-state index in [4.69, 9.17) is 11.6 Å². The van der Waals surface area contributed by atoms with E-state index in [-0.39, 0.29) is 23.0 Å². The molecule has 1 amide bonds. The molecule has 0 saturated carbocycles. The first-order valence-electron chi connectivity index (χ1n) is 4.78. The Hall–Kier alpha value is -1.11. The van der Waals surface area contributed by atoms with Crippen LogP contribution in [0, 0.1) is 0 Å². The molecule has 0 spiro atoms. The third-order valence-corrected chi connectivity index (χ3v) is 3.42. The van der Waals surface area contributed by atoms with Crippen LogP contribution in [-0.4, -0.2) is 34.2 Å². The minimum Gasteiger partial charge on any atom is -0.324 e. The number of amides is 1. The molecule has 0 atom stereocenters. The van der Waals surface area contributed by atoms with Gasteiger partial charge in [0.15, 0.2) is 9.84 Å². The lowest BCUT2D eigenvalue weighted by Gasteiger charge is -2.08. The average molecular weight is 277 g/mol. The van der Waals surface area contributed by atoms with Gasteiger partial charge >= 0.3 is 0 Å². The molecule has 5 nitrogen and oxygen atoms in total. The highest BCUT2D eigenvalue weighted by atomic mass is 35.5. The second-order valence-corrected chi connectivity index (χ2v) is 5.92. The van der Waals surface area contributed by atoms with Crippen molar-refractivity contribution in [3.63, 3.8) is 0 Å². The number of nitrogens with one attached hydrogen (secondary N) is 2. The summed E-state index contributed by atoms with van der Waals surface area (Å²) in [7, 11) is -1.68. The minimum absolute atomic E-state index is 0.113. The predicted octanol–water partition coefficient (Wildman–Crippen LogP) is 0.901. The molecule has 2 N–H and O–H groups in total. The molecular formula is C10H13ClN2O3S. The monoisotopic (exact) mass is 276 g/mol. The molecule has 1 aromatic rings. The molecule has 0 radical (unpaired) electrons. The normalized spacial score (nSPS) is 11.2. The van der Waals surface area contributed by atoms with Gasteiger partial charge < -0.3 is 10.6 Å². The Morgan fingerprint density at radius 1 is 1.41 bits per heavy atom. The second-order valence-electron chi connectivity index (χ2n) is 3.49. The van der Waals surface area contributed by atoms with Gasteiger partial charge in [-0.05, 0) is 25.2 Å². The summed E-state index contributed by atoms with van der Waals surface area (Å²) >= 11 is 5.86. The first-order valence-corrected chi connectivity index (χ1v) is 7.05. The van der Waals surface area contributed by atoms with Gasteiger partial charge in [-0.15, -0.1) is 0 Å². The summed E-state index contributed by atoms with van der Waals surface area (Å²) in [6.45, 7) is 0.124. The van der Waals surface area contributed by atoms with E-state index >= 15 is 0 Å². The van der Waals surface area contributed by atoms with Crippen molar-refractivity contribution < 1.29 is 13.2 Å². The van der Waals surface area contributed by atoms with Crippen LogP contribution in [0.5, 0.6) is 0 Å². The quantitative estimate of drug-likeness (QED) is 0.857. The summed E-state index contributed by atoms with van der Waals surface area (Å²) in [4.78, 5) is 11.5. The van der Waals surface area contributed by atoms with Crippen LogP contribution in [-0.2, 0) is 14.6 Å². The first kappa shape index (κ1) is 14.0. The Morgan fingerprint density at radius 2 is 2.06 bits per heavy atom. The van der Waals surface area contributed by atoms with Gasteiger partial charge in [-0.3, -0.25) is 4.79 Å². The molecule has 1 rings (SSSR count). The molecule has 94 valence electrons. The number of hydrogen-bond acceptors (Lipinski definition) is 4. The van der Waals surface area contributed by atoms with Gasteiger partial charge in [-0.25, -0.2) is 8.42 Å². The number of halogens is 1. The summed E-state index contributed by atoms with van der Waals surface area (Å²) < 4.78 is 22.7. The predicted molar refractivity (Wildman–Crippen MR) is 67.1 cm³/mol. The maximum absolute atomic E-state index is 11.3. The maximum Gasteiger partial charge on any atom is 0.238 e. The fraction of sp³-hybridized carbons (Fsp3) is 0.300. The van der Waals surface area contributed by atoms with E-state index in [1.165, 1.54) is 18.2 Å². The standard InChI is InChI=1S/C10H13ClN2O3S/c1-12-6-10(14)13-9-5-7(17(2,15)16)3-4-8(9)11/h3-5,12H,6H2,1-2H3,(H,13,14). The van der Waals surface area contributed by atoms with Crippen molar-refractivity contribution in [2.45, 2.75) is 4.90 Å². The molecule has 0 fully saturated rings. The fourth-order valence-corrected chi connectivity index (χ4v) is 2.00. The fourth-order valence-electron chi connectivity index (χ4n) is 1.19. The van der Waals surface area contributed by atoms with Gasteiger partial charge in [0.25, 0.3) is 0 Å². The summed E-state index contributed by atoms with van der Waals surface area (Å²) in [6.07, 6.45) is 1.09. The van der Waals surface area contributed by atoms with Crippen molar-refractivity contribution in [2.75, 3.05) is 25.2 Å². The zero-order chi connectivity index (χ0) is 13.1. The molecular weight excluding hydrogens is 264 g/mol. The van der Waals surface area contributed by atoms with E-state index in [1.807, 2.05) is 0 Å². The van der Waals surface area contributed by atoms with Crippen molar-refractivity contribution in [2.24, 2.45) is 0 Å². The molecule has 0 aliphatic carbocycles. The zero-order valence-corrected chi connectivity index (χ0v) is 11.0. The average Bonchev–Trinajstić information content (AvgIpc) is 2.20. The Labute approximate surface area is 105 Å². The van der Waals surface area contributed by atoms with E-state index in [1.54, 1.807) is 7.05 Å². The summed E-state index contributed by atoms with van der Waals surface area (Å²) in [5, 5.41) is 5.50. The highest BCUT2D eigenvalue weighted by molar-refractivity contribution is 7.90. The van der Waals surface area contributed by atoms with E-state index < -0.39 is 9.84 Å². The topological polar surface area (TPSA) is 75.3 Å². The van der Waals surface area contributed by atoms with Crippen LogP contribution in [0.4, 0.5) is 5.69 Å². The highest BCUT2D eigenvalue weighted by Gasteiger charge is 2.11. The molecule has 0 aliphatic heterocycles. The number of anilines is 1. The lowest BCUT2D eigenvalue weighted by atomic mass is 10.3. The maximum atomic E-state index is 11.3.